The maximum absolute atomic E-state index is 11.8. The second kappa shape index (κ2) is 6.51. The van der Waals surface area contributed by atoms with Crippen LogP contribution in [0.1, 0.15) is 34.8 Å². The Morgan fingerprint density at radius 3 is 2.74 bits per heavy atom. The molecule has 6 nitrogen and oxygen atoms in total. The number of hydrogen-bond donors (Lipinski definition) is 2. The minimum Gasteiger partial charge on any atom is -0.476 e. The van der Waals surface area contributed by atoms with E-state index in [2.05, 4.69) is 10.3 Å². The molecule has 0 spiro atoms. The van der Waals surface area contributed by atoms with Gasteiger partial charge in [0.25, 0.3) is 0 Å². The molecule has 0 saturated carbocycles. The van der Waals surface area contributed by atoms with Gasteiger partial charge in [0.2, 0.25) is 0 Å². The second-order valence-electron chi connectivity index (χ2n) is 4.46. The van der Waals surface area contributed by atoms with Crippen LogP contribution in [0.3, 0.4) is 0 Å². The van der Waals surface area contributed by atoms with Crippen molar-refractivity contribution in [1.82, 2.24) is 15.2 Å². The van der Waals surface area contributed by atoms with Crippen molar-refractivity contribution in [2.75, 3.05) is 19.6 Å². The normalized spacial score (nSPS) is 15.3. The zero-order valence-corrected chi connectivity index (χ0v) is 11.4. The number of nitrogens with one attached hydrogen (secondary N) is 1. The first-order chi connectivity index (χ1) is 9.16. The van der Waals surface area contributed by atoms with Crippen molar-refractivity contribution in [1.29, 1.82) is 0 Å². The molecule has 19 heavy (non-hydrogen) atoms. The molecule has 1 aromatic rings. The number of aromatic nitrogens is 1. The van der Waals surface area contributed by atoms with E-state index in [4.69, 9.17) is 5.11 Å². The van der Waals surface area contributed by atoms with Crippen LogP contribution in [0, 0.1) is 0 Å². The van der Waals surface area contributed by atoms with E-state index in [0.29, 0.717) is 13.0 Å². The van der Waals surface area contributed by atoms with Crippen LogP contribution >= 0.6 is 11.3 Å². The zero-order chi connectivity index (χ0) is 13.7. The van der Waals surface area contributed by atoms with Gasteiger partial charge in [-0.05, 0) is 19.3 Å². The number of carbonyl (C=O) groups is 2. The zero-order valence-electron chi connectivity index (χ0n) is 10.6. The van der Waals surface area contributed by atoms with Crippen LogP contribution in [0.4, 0.5) is 4.79 Å². The van der Waals surface area contributed by atoms with Gasteiger partial charge in [-0.25, -0.2) is 14.6 Å². The molecule has 2 rings (SSSR count). The van der Waals surface area contributed by atoms with Gasteiger partial charge in [0.05, 0.1) is 5.01 Å². The van der Waals surface area contributed by atoms with Crippen LogP contribution < -0.4 is 5.32 Å². The van der Waals surface area contributed by atoms with Gasteiger partial charge < -0.3 is 15.3 Å². The minimum atomic E-state index is -1.01. The lowest BCUT2D eigenvalue weighted by Gasteiger charge is -2.26. The van der Waals surface area contributed by atoms with Crippen LogP contribution in [0.15, 0.2) is 5.38 Å². The number of hydrogen-bond acceptors (Lipinski definition) is 4. The minimum absolute atomic E-state index is 0.0327. The summed E-state index contributed by atoms with van der Waals surface area (Å²) in [5, 5.41) is 13.8. The molecular weight excluding hydrogens is 266 g/mol. The van der Waals surface area contributed by atoms with E-state index >= 15 is 0 Å². The summed E-state index contributed by atoms with van der Waals surface area (Å²) in [6.45, 7) is 2.14. The number of rotatable bonds is 4. The van der Waals surface area contributed by atoms with Crippen molar-refractivity contribution in [2.45, 2.75) is 25.7 Å². The van der Waals surface area contributed by atoms with Crippen LogP contribution in [0.25, 0.3) is 0 Å². The monoisotopic (exact) mass is 283 g/mol. The molecule has 0 atom stereocenters. The van der Waals surface area contributed by atoms with Crippen LogP contribution in [-0.4, -0.2) is 46.6 Å². The van der Waals surface area contributed by atoms with E-state index < -0.39 is 5.97 Å². The van der Waals surface area contributed by atoms with Gasteiger partial charge in [0.1, 0.15) is 0 Å². The Balaban J connectivity index is 1.73. The molecule has 1 saturated heterocycles. The van der Waals surface area contributed by atoms with E-state index in [9.17, 15) is 9.59 Å². The third-order valence-electron chi connectivity index (χ3n) is 3.03. The summed E-state index contributed by atoms with van der Waals surface area (Å²) in [6, 6.07) is -0.0327. The Bertz CT molecular complexity index is 455. The predicted molar refractivity (Wildman–Crippen MR) is 71.6 cm³/mol. The van der Waals surface area contributed by atoms with Crippen LogP contribution in [0.2, 0.25) is 0 Å². The molecule has 7 heteroatoms. The molecule has 2 amide bonds. The van der Waals surface area contributed by atoms with Gasteiger partial charge in [-0.2, -0.15) is 0 Å². The first-order valence-electron chi connectivity index (χ1n) is 6.37. The summed E-state index contributed by atoms with van der Waals surface area (Å²) in [5.41, 5.74) is 0.0716. The molecule has 1 aromatic heterocycles. The lowest BCUT2D eigenvalue weighted by molar-refractivity contribution is 0.0691. The van der Waals surface area contributed by atoms with Gasteiger partial charge in [0, 0.05) is 31.4 Å². The van der Waals surface area contributed by atoms with Gasteiger partial charge in [-0.3, -0.25) is 0 Å². The Labute approximate surface area is 115 Å². The van der Waals surface area contributed by atoms with Crippen molar-refractivity contribution in [3.05, 3.63) is 16.1 Å². The Morgan fingerprint density at radius 2 is 2.11 bits per heavy atom. The fourth-order valence-electron chi connectivity index (χ4n) is 2.01. The summed E-state index contributed by atoms with van der Waals surface area (Å²) < 4.78 is 0. The van der Waals surface area contributed by atoms with Gasteiger partial charge >= 0.3 is 12.0 Å². The average Bonchev–Trinajstić information content (AvgIpc) is 2.89. The smallest absolute Gasteiger partial charge is 0.355 e. The molecule has 2 heterocycles. The molecule has 2 N–H and O–H groups in total. The average molecular weight is 283 g/mol. The fraction of sp³-hybridized carbons (Fsp3) is 0.583. The summed E-state index contributed by atoms with van der Waals surface area (Å²) >= 11 is 1.31. The summed E-state index contributed by atoms with van der Waals surface area (Å²) in [5.74, 6) is -1.01. The highest BCUT2D eigenvalue weighted by molar-refractivity contribution is 7.09. The quantitative estimate of drug-likeness (QED) is 0.879. The first-order valence-corrected chi connectivity index (χ1v) is 7.25. The third kappa shape index (κ3) is 3.92. The number of nitrogens with zero attached hydrogens (tertiary/aromatic N) is 2. The van der Waals surface area contributed by atoms with Crippen molar-refractivity contribution in [3.63, 3.8) is 0 Å². The van der Waals surface area contributed by atoms with E-state index in [-0.39, 0.29) is 11.7 Å². The van der Waals surface area contributed by atoms with E-state index in [1.54, 1.807) is 0 Å². The summed E-state index contributed by atoms with van der Waals surface area (Å²) in [7, 11) is 0. The number of likely N-dealkylation sites (tertiary alicyclic amines) is 1. The Morgan fingerprint density at radius 1 is 1.37 bits per heavy atom. The van der Waals surface area contributed by atoms with Gasteiger partial charge in [-0.15, -0.1) is 11.3 Å². The maximum atomic E-state index is 11.8. The van der Waals surface area contributed by atoms with Gasteiger partial charge in [-0.1, -0.05) is 0 Å². The first kappa shape index (κ1) is 13.8. The van der Waals surface area contributed by atoms with E-state index in [1.807, 2.05) is 4.90 Å². The topological polar surface area (TPSA) is 82.5 Å². The van der Waals surface area contributed by atoms with Crippen LogP contribution in [-0.2, 0) is 6.42 Å². The molecule has 1 aliphatic rings. The molecule has 0 aromatic carbocycles. The number of aromatic carboxylic acids is 1. The summed E-state index contributed by atoms with van der Waals surface area (Å²) in [6.07, 6.45) is 3.90. The molecule has 0 aliphatic carbocycles. The molecule has 1 fully saturated rings. The SMILES string of the molecule is O=C(O)c1csc(CCNC(=O)N2CCCCC2)n1. The second-order valence-corrected chi connectivity index (χ2v) is 5.40. The molecule has 104 valence electrons. The Kier molecular flexibility index (Phi) is 4.73. The van der Waals surface area contributed by atoms with Crippen LogP contribution in [0.5, 0.6) is 0 Å². The highest BCUT2D eigenvalue weighted by atomic mass is 32.1. The van der Waals surface area contributed by atoms with Crippen molar-refractivity contribution >= 4 is 23.3 Å². The Hall–Kier alpha value is -1.63. The molecule has 0 bridgehead atoms. The third-order valence-corrected chi connectivity index (χ3v) is 3.94. The largest absolute Gasteiger partial charge is 0.476 e. The maximum Gasteiger partial charge on any atom is 0.355 e. The van der Waals surface area contributed by atoms with E-state index in [1.165, 1.54) is 23.1 Å². The van der Waals surface area contributed by atoms with Crippen molar-refractivity contribution < 1.29 is 14.7 Å². The highest BCUT2D eigenvalue weighted by Crippen LogP contribution is 2.11. The van der Waals surface area contributed by atoms with E-state index in [0.717, 1.165) is 30.9 Å². The number of carbonyl (C=O) groups excluding carboxylic acids is 1. The number of piperidine rings is 1. The van der Waals surface area contributed by atoms with Crippen molar-refractivity contribution in [2.24, 2.45) is 0 Å². The standard InChI is InChI=1S/C12H17N3O3S/c16-11(17)9-8-19-10(14-9)4-5-13-12(18)15-6-2-1-3-7-15/h8H,1-7H2,(H,13,18)(H,16,17). The molecule has 1 aliphatic heterocycles. The lowest BCUT2D eigenvalue weighted by atomic mass is 10.1. The number of carboxylic acid groups (broad SMARTS) is 1. The number of thiazole rings is 1. The lowest BCUT2D eigenvalue weighted by Crippen LogP contribution is -2.43. The molecule has 0 radical (unpaired) electrons. The number of carboxylic acids is 1. The summed E-state index contributed by atoms with van der Waals surface area (Å²) in [4.78, 5) is 28.3. The fourth-order valence-corrected chi connectivity index (χ4v) is 2.78. The van der Waals surface area contributed by atoms with Gasteiger partial charge in [0.15, 0.2) is 5.69 Å². The predicted octanol–water partition coefficient (Wildman–Crippen LogP) is 1.58. The number of amides is 2. The highest BCUT2D eigenvalue weighted by Gasteiger charge is 2.15. The molecule has 0 unspecified atom stereocenters. The molecular formula is C12H17N3O3S. The van der Waals surface area contributed by atoms with Crippen molar-refractivity contribution in [3.8, 4) is 0 Å². The number of urea groups is 1.